The van der Waals surface area contributed by atoms with Gasteiger partial charge in [-0.1, -0.05) is 55.7 Å². The molecular weight excluding hydrogens is 462 g/mol. The summed E-state index contributed by atoms with van der Waals surface area (Å²) >= 11 is 0. The second kappa shape index (κ2) is 14.3. The standard InChI is InChI=1S/C24H31NO3.C4H4O4/c26-22(15-25-21-9-5-2-6-10-21)17-27-23-12-11-19-13-20(16-28-24(19)14-23)18-7-3-1-4-8-18;5-3(6)1-2-4(7)8/h1,3-4,7-8,11-12,14,20-22,25-26H,2,5-6,9-10,13,15-17H2;1-2H,(H,5,6)(H,7,8). The second-order valence-corrected chi connectivity index (χ2v) is 9.11. The molecule has 1 saturated carbocycles. The van der Waals surface area contributed by atoms with Gasteiger partial charge in [0.2, 0.25) is 0 Å². The molecule has 2 aliphatic rings. The first-order valence-corrected chi connectivity index (χ1v) is 12.4. The van der Waals surface area contributed by atoms with E-state index in [4.69, 9.17) is 19.7 Å². The summed E-state index contributed by atoms with van der Waals surface area (Å²) in [6.45, 7) is 1.57. The molecule has 8 heteroatoms. The van der Waals surface area contributed by atoms with Crippen molar-refractivity contribution >= 4 is 11.9 Å². The van der Waals surface area contributed by atoms with Gasteiger partial charge in [-0.3, -0.25) is 0 Å². The monoisotopic (exact) mass is 497 g/mol. The molecule has 8 nitrogen and oxygen atoms in total. The van der Waals surface area contributed by atoms with Gasteiger partial charge < -0.3 is 30.1 Å². The molecule has 36 heavy (non-hydrogen) atoms. The Morgan fingerprint density at radius 1 is 1.03 bits per heavy atom. The van der Waals surface area contributed by atoms with Gasteiger partial charge in [0.05, 0.1) is 6.61 Å². The van der Waals surface area contributed by atoms with E-state index in [2.05, 4.69) is 35.6 Å². The van der Waals surface area contributed by atoms with Crippen LogP contribution in [0.3, 0.4) is 0 Å². The van der Waals surface area contributed by atoms with E-state index in [1.807, 2.05) is 18.2 Å². The van der Waals surface area contributed by atoms with Gasteiger partial charge in [0, 0.05) is 36.7 Å². The highest BCUT2D eigenvalue weighted by Gasteiger charge is 2.22. The van der Waals surface area contributed by atoms with Crippen LogP contribution in [0.2, 0.25) is 0 Å². The van der Waals surface area contributed by atoms with Gasteiger partial charge in [-0.25, -0.2) is 9.59 Å². The number of fused-ring (bicyclic) bond motifs is 1. The molecule has 4 N–H and O–H groups in total. The Labute approximate surface area is 211 Å². The van der Waals surface area contributed by atoms with Gasteiger partial charge in [0.25, 0.3) is 0 Å². The maximum Gasteiger partial charge on any atom is 0.328 e. The van der Waals surface area contributed by atoms with Gasteiger partial charge in [-0.15, -0.1) is 0 Å². The average Bonchev–Trinajstić information content (AvgIpc) is 2.90. The number of ether oxygens (including phenoxy) is 2. The van der Waals surface area contributed by atoms with Crippen LogP contribution in [0.4, 0.5) is 0 Å². The van der Waals surface area contributed by atoms with Gasteiger partial charge in [0.15, 0.2) is 0 Å². The number of aliphatic hydroxyl groups is 1. The van der Waals surface area contributed by atoms with Crippen LogP contribution in [0.15, 0.2) is 60.7 Å². The zero-order valence-electron chi connectivity index (χ0n) is 20.3. The number of aliphatic hydroxyl groups excluding tert-OH is 1. The molecule has 2 aromatic carbocycles. The summed E-state index contributed by atoms with van der Waals surface area (Å²) in [5.41, 5.74) is 2.54. The summed E-state index contributed by atoms with van der Waals surface area (Å²) in [4.78, 5) is 19.1. The number of carboxylic acids is 2. The smallest absolute Gasteiger partial charge is 0.328 e. The molecule has 0 spiro atoms. The van der Waals surface area contributed by atoms with E-state index in [0.717, 1.165) is 17.9 Å². The maximum atomic E-state index is 10.2. The highest BCUT2D eigenvalue weighted by molar-refractivity contribution is 5.89. The van der Waals surface area contributed by atoms with Crippen molar-refractivity contribution in [2.24, 2.45) is 0 Å². The normalized spacial score (nSPS) is 18.3. The number of aliphatic carboxylic acids is 2. The number of hydrogen-bond donors (Lipinski definition) is 4. The number of nitrogens with one attached hydrogen (secondary N) is 1. The lowest BCUT2D eigenvalue weighted by atomic mass is 9.90. The zero-order chi connectivity index (χ0) is 25.8. The lowest BCUT2D eigenvalue weighted by molar-refractivity contribution is -0.134. The van der Waals surface area contributed by atoms with Crippen LogP contribution in [-0.2, 0) is 16.0 Å². The van der Waals surface area contributed by atoms with E-state index >= 15 is 0 Å². The van der Waals surface area contributed by atoms with Crippen molar-refractivity contribution in [1.82, 2.24) is 5.32 Å². The lowest BCUT2D eigenvalue weighted by Gasteiger charge is -2.26. The van der Waals surface area contributed by atoms with Crippen LogP contribution in [0.25, 0.3) is 0 Å². The number of carbonyl (C=O) groups is 2. The summed E-state index contributed by atoms with van der Waals surface area (Å²) in [5, 5.41) is 29.3. The predicted octanol–water partition coefficient (Wildman–Crippen LogP) is 3.78. The molecule has 0 aromatic heterocycles. The van der Waals surface area contributed by atoms with Crippen LogP contribution >= 0.6 is 0 Å². The van der Waals surface area contributed by atoms with Gasteiger partial charge >= 0.3 is 11.9 Å². The minimum absolute atomic E-state index is 0.297. The van der Waals surface area contributed by atoms with Crippen molar-refractivity contribution in [2.75, 3.05) is 19.8 Å². The number of carboxylic acid groups (broad SMARTS) is 2. The zero-order valence-corrected chi connectivity index (χ0v) is 20.3. The quantitative estimate of drug-likeness (QED) is 0.386. The van der Waals surface area contributed by atoms with Crippen molar-refractivity contribution in [1.29, 1.82) is 0 Å². The number of rotatable bonds is 9. The van der Waals surface area contributed by atoms with Crippen molar-refractivity contribution in [3.8, 4) is 11.5 Å². The van der Waals surface area contributed by atoms with E-state index in [1.165, 1.54) is 43.2 Å². The van der Waals surface area contributed by atoms with Crippen LogP contribution in [0.5, 0.6) is 11.5 Å². The third kappa shape index (κ3) is 9.36. The number of benzene rings is 2. The highest BCUT2D eigenvalue weighted by Crippen LogP contribution is 2.34. The minimum Gasteiger partial charge on any atom is -0.493 e. The molecule has 0 saturated heterocycles. The van der Waals surface area contributed by atoms with Crippen molar-refractivity contribution in [2.45, 2.75) is 56.6 Å². The molecule has 2 atom stereocenters. The minimum atomic E-state index is -1.26. The molecule has 1 aliphatic carbocycles. The Kier molecular flexibility index (Phi) is 10.8. The summed E-state index contributed by atoms with van der Waals surface area (Å²) in [5.74, 6) is -0.457. The molecule has 1 heterocycles. The van der Waals surface area contributed by atoms with E-state index in [1.54, 1.807) is 0 Å². The number of hydrogen-bond acceptors (Lipinski definition) is 6. The Morgan fingerprint density at radius 3 is 2.39 bits per heavy atom. The Bertz CT molecular complexity index is 986. The van der Waals surface area contributed by atoms with Crippen molar-refractivity contribution in [3.05, 3.63) is 71.8 Å². The fraction of sp³-hybridized carbons (Fsp3) is 0.429. The van der Waals surface area contributed by atoms with E-state index < -0.39 is 18.0 Å². The molecule has 194 valence electrons. The Hall–Kier alpha value is -3.36. The van der Waals surface area contributed by atoms with Crippen LogP contribution < -0.4 is 14.8 Å². The lowest BCUT2D eigenvalue weighted by Crippen LogP contribution is -2.38. The first-order chi connectivity index (χ1) is 17.4. The molecule has 1 fully saturated rings. The SMILES string of the molecule is O=C(O)C=CC(=O)O.OC(CNC1CCCCC1)COc1ccc2c(c1)OCC(c1ccccc1)C2. The average molecular weight is 498 g/mol. The van der Waals surface area contributed by atoms with Crippen molar-refractivity contribution in [3.63, 3.8) is 0 Å². The molecule has 0 radical (unpaired) electrons. The summed E-state index contributed by atoms with van der Waals surface area (Å²) < 4.78 is 11.8. The Balaban J connectivity index is 0.000000392. The van der Waals surface area contributed by atoms with Crippen LogP contribution in [-0.4, -0.2) is 59.2 Å². The fourth-order valence-electron chi connectivity index (χ4n) is 4.39. The third-order valence-corrected chi connectivity index (χ3v) is 6.27. The van der Waals surface area contributed by atoms with Crippen LogP contribution in [0.1, 0.15) is 49.1 Å². The third-order valence-electron chi connectivity index (χ3n) is 6.27. The second-order valence-electron chi connectivity index (χ2n) is 9.11. The maximum absolute atomic E-state index is 10.2. The first kappa shape index (κ1) is 27.2. The van der Waals surface area contributed by atoms with Gasteiger partial charge in [-0.05, 0) is 36.5 Å². The van der Waals surface area contributed by atoms with E-state index in [-0.39, 0.29) is 0 Å². The van der Waals surface area contributed by atoms with Gasteiger partial charge in [0.1, 0.15) is 24.2 Å². The first-order valence-electron chi connectivity index (χ1n) is 12.4. The van der Waals surface area contributed by atoms with E-state index in [9.17, 15) is 14.7 Å². The molecule has 0 bridgehead atoms. The summed E-state index contributed by atoms with van der Waals surface area (Å²) in [6, 6.07) is 17.1. The highest BCUT2D eigenvalue weighted by atomic mass is 16.5. The molecule has 2 aromatic rings. The molecule has 1 aliphatic heterocycles. The molecular formula is C28H35NO7. The Morgan fingerprint density at radius 2 is 1.72 bits per heavy atom. The largest absolute Gasteiger partial charge is 0.493 e. The fourth-order valence-corrected chi connectivity index (χ4v) is 4.39. The topological polar surface area (TPSA) is 125 Å². The molecule has 2 unspecified atom stereocenters. The van der Waals surface area contributed by atoms with E-state index in [0.29, 0.717) is 43.9 Å². The van der Waals surface area contributed by atoms with Crippen LogP contribution in [0, 0.1) is 0 Å². The van der Waals surface area contributed by atoms with Gasteiger partial charge in [-0.2, -0.15) is 0 Å². The molecule has 4 rings (SSSR count). The van der Waals surface area contributed by atoms with Crippen molar-refractivity contribution < 1.29 is 34.4 Å². The summed E-state index contributed by atoms with van der Waals surface area (Å²) in [7, 11) is 0. The summed E-state index contributed by atoms with van der Waals surface area (Å²) in [6.07, 6.45) is 7.98. The predicted molar refractivity (Wildman–Crippen MR) is 136 cm³/mol. The molecule has 0 amide bonds.